The number of para-hydroxylation sites is 1. The Bertz CT molecular complexity index is 1070. The van der Waals surface area contributed by atoms with Crippen LogP contribution < -0.4 is 15.6 Å². The summed E-state index contributed by atoms with van der Waals surface area (Å²) in [4.78, 5) is 26.0. The third kappa shape index (κ3) is 4.52. The number of H-pyrrole nitrogens is 1. The van der Waals surface area contributed by atoms with Crippen molar-refractivity contribution in [3.05, 3.63) is 76.1 Å². The van der Waals surface area contributed by atoms with E-state index in [0.717, 1.165) is 28.1 Å². The Balaban J connectivity index is 1.46. The van der Waals surface area contributed by atoms with Crippen molar-refractivity contribution in [3.8, 4) is 17.0 Å². The van der Waals surface area contributed by atoms with Crippen LogP contribution in [-0.4, -0.2) is 40.7 Å². The van der Waals surface area contributed by atoms with Crippen LogP contribution in [0.25, 0.3) is 11.3 Å². The number of carbonyl (C=O) groups excluding carboxylic acids is 1. The first-order valence-electron chi connectivity index (χ1n) is 9.48. The van der Waals surface area contributed by atoms with Gasteiger partial charge in [0.25, 0.3) is 5.56 Å². The fraction of sp³-hybridized carbons (Fsp3) is 0.227. The van der Waals surface area contributed by atoms with Crippen LogP contribution in [0.1, 0.15) is 11.1 Å². The van der Waals surface area contributed by atoms with Crippen molar-refractivity contribution >= 4 is 11.6 Å². The summed E-state index contributed by atoms with van der Waals surface area (Å²) >= 11 is 0. The number of nitrogens with zero attached hydrogens (tertiary/aromatic N) is 2. The number of aromatic nitrogens is 2. The van der Waals surface area contributed by atoms with Crippen molar-refractivity contribution in [1.29, 1.82) is 0 Å². The van der Waals surface area contributed by atoms with Gasteiger partial charge in [0, 0.05) is 36.0 Å². The molecule has 7 heteroatoms. The molecule has 2 N–H and O–H groups in total. The monoisotopic (exact) mass is 390 g/mol. The van der Waals surface area contributed by atoms with Crippen molar-refractivity contribution in [2.45, 2.75) is 13.5 Å². The molecule has 2 aromatic carbocycles. The maximum atomic E-state index is 12.7. The zero-order valence-corrected chi connectivity index (χ0v) is 16.1. The maximum Gasteiger partial charge on any atom is 0.264 e. The third-order valence-electron chi connectivity index (χ3n) is 4.89. The van der Waals surface area contributed by atoms with E-state index in [0.29, 0.717) is 25.4 Å². The summed E-state index contributed by atoms with van der Waals surface area (Å²) in [5.74, 6) is 0.798. The predicted octanol–water partition coefficient (Wildman–Crippen LogP) is 2.58. The van der Waals surface area contributed by atoms with E-state index in [4.69, 9.17) is 4.74 Å². The van der Waals surface area contributed by atoms with Crippen molar-refractivity contribution in [2.24, 2.45) is 0 Å². The number of hydrogen-bond donors (Lipinski definition) is 2. The molecule has 0 saturated carbocycles. The molecule has 3 aromatic rings. The van der Waals surface area contributed by atoms with E-state index in [1.807, 2.05) is 49.4 Å². The summed E-state index contributed by atoms with van der Waals surface area (Å²) in [5.41, 5.74) is 3.97. The zero-order chi connectivity index (χ0) is 20.2. The van der Waals surface area contributed by atoms with E-state index in [1.54, 1.807) is 6.07 Å². The van der Waals surface area contributed by atoms with E-state index >= 15 is 0 Å². The molecule has 0 radical (unpaired) electrons. The molecule has 0 bridgehead atoms. The average Bonchev–Trinajstić information content (AvgIpc) is 2.92. The maximum absolute atomic E-state index is 12.7. The molecule has 4 rings (SSSR count). The van der Waals surface area contributed by atoms with Crippen LogP contribution in [0.4, 0.5) is 5.69 Å². The van der Waals surface area contributed by atoms with Gasteiger partial charge in [0.1, 0.15) is 12.4 Å². The van der Waals surface area contributed by atoms with Crippen LogP contribution in [0, 0.1) is 6.92 Å². The van der Waals surface area contributed by atoms with Crippen LogP contribution in [0.15, 0.2) is 59.4 Å². The average molecular weight is 390 g/mol. The summed E-state index contributed by atoms with van der Waals surface area (Å²) in [6, 6.07) is 16.7. The van der Waals surface area contributed by atoms with Gasteiger partial charge in [-0.15, -0.1) is 0 Å². The van der Waals surface area contributed by atoms with Crippen molar-refractivity contribution in [3.63, 3.8) is 0 Å². The zero-order valence-electron chi connectivity index (χ0n) is 16.1. The van der Waals surface area contributed by atoms with E-state index in [1.165, 1.54) is 6.07 Å². The normalized spacial score (nSPS) is 13.8. The molecule has 29 heavy (non-hydrogen) atoms. The molecule has 0 unspecified atom stereocenters. The summed E-state index contributed by atoms with van der Waals surface area (Å²) in [7, 11) is 0. The summed E-state index contributed by atoms with van der Waals surface area (Å²) < 4.78 is 5.77. The second-order valence-electron chi connectivity index (χ2n) is 7.05. The highest BCUT2D eigenvalue weighted by atomic mass is 16.5. The number of aryl methyl sites for hydroxylation is 1. The SMILES string of the molecule is Cc1ccc(-c2ccc(=O)[nH]n2)cc1NC(=O)CN1CCOc2ccccc2C1. The summed E-state index contributed by atoms with van der Waals surface area (Å²) in [5, 5.41) is 9.48. The van der Waals surface area contributed by atoms with Crippen LogP contribution in [0.3, 0.4) is 0 Å². The molecule has 148 valence electrons. The van der Waals surface area contributed by atoms with Gasteiger partial charge in [-0.25, -0.2) is 5.10 Å². The van der Waals surface area contributed by atoms with Crippen LogP contribution in [-0.2, 0) is 11.3 Å². The van der Waals surface area contributed by atoms with Gasteiger partial charge in [0.05, 0.1) is 12.2 Å². The van der Waals surface area contributed by atoms with Crippen LogP contribution in [0.2, 0.25) is 0 Å². The van der Waals surface area contributed by atoms with E-state index in [9.17, 15) is 9.59 Å². The number of carbonyl (C=O) groups is 1. The highest BCUT2D eigenvalue weighted by molar-refractivity contribution is 5.93. The molecule has 7 nitrogen and oxygen atoms in total. The summed E-state index contributed by atoms with van der Waals surface area (Å²) in [6.07, 6.45) is 0. The Hall–Kier alpha value is -3.45. The van der Waals surface area contributed by atoms with Crippen molar-refractivity contribution in [1.82, 2.24) is 15.1 Å². The number of nitrogens with one attached hydrogen (secondary N) is 2. The lowest BCUT2D eigenvalue weighted by Crippen LogP contribution is -2.34. The largest absolute Gasteiger partial charge is 0.492 e. The van der Waals surface area contributed by atoms with Crippen molar-refractivity contribution < 1.29 is 9.53 Å². The number of aromatic amines is 1. The Labute approximate surface area is 168 Å². The molecule has 0 saturated heterocycles. The van der Waals surface area contributed by atoms with Crippen molar-refractivity contribution in [2.75, 3.05) is 25.0 Å². The van der Waals surface area contributed by atoms with Gasteiger partial charge < -0.3 is 10.1 Å². The fourth-order valence-electron chi connectivity index (χ4n) is 3.33. The lowest BCUT2D eigenvalue weighted by atomic mass is 10.1. The van der Waals surface area contributed by atoms with Gasteiger partial charge in [-0.05, 0) is 30.7 Å². The Kier molecular flexibility index (Phi) is 5.39. The quantitative estimate of drug-likeness (QED) is 0.715. The lowest BCUT2D eigenvalue weighted by molar-refractivity contribution is -0.117. The second-order valence-corrected chi connectivity index (χ2v) is 7.05. The minimum atomic E-state index is -0.252. The number of anilines is 1. The predicted molar refractivity (Wildman–Crippen MR) is 111 cm³/mol. The van der Waals surface area contributed by atoms with E-state index < -0.39 is 0 Å². The highest BCUT2D eigenvalue weighted by Gasteiger charge is 2.18. The standard InChI is InChI=1S/C22H22N4O3/c1-15-6-7-16(18-8-9-21(27)25-24-18)12-19(15)23-22(28)14-26-10-11-29-20-5-3-2-4-17(20)13-26/h2-9,12H,10-11,13-14H2,1H3,(H,23,28)(H,25,27). The lowest BCUT2D eigenvalue weighted by Gasteiger charge is -2.19. The first-order valence-corrected chi connectivity index (χ1v) is 9.48. The first-order chi connectivity index (χ1) is 14.1. The number of hydrogen-bond acceptors (Lipinski definition) is 5. The van der Waals surface area contributed by atoms with E-state index in [2.05, 4.69) is 20.4 Å². The summed E-state index contributed by atoms with van der Waals surface area (Å²) in [6.45, 7) is 4.12. The number of rotatable bonds is 4. The number of benzene rings is 2. The molecule has 1 amide bonds. The molecule has 0 aliphatic carbocycles. The van der Waals surface area contributed by atoms with Gasteiger partial charge in [0.2, 0.25) is 5.91 Å². The number of fused-ring (bicyclic) bond motifs is 1. The Morgan fingerprint density at radius 2 is 2.07 bits per heavy atom. The smallest absolute Gasteiger partial charge is 0.264 e. The molecule has 1 aromatic heterocycles. The third-order valence-corrected chi connectivity index (χ3v) is 4.89. The Morgan fingerprint density at radius 1 is 1.21 bits per heavy atom. The van der Waals surface area contributed by atoms with Gasteiger partial charge in [-0.3, -0.25) is 14.5 Å². The molecule has 1 aliphatic heterocycles. The van der Waals surface area contributed by atoms with Gasteiger partial charge in [-0.1, -0.05) is 30.3 Å². The minimum Gasteiger partial charge on any atom is -0.492 e. The molecule has 1 aliphatic rings. The molecular weight excluding hydrogens is 368 g/mol. The first kappa shape index (κ1) is 18.9. The molecule has 0 atom stereocenters. The van der Waals surface area contributed by atoms with Crippen LogP contribution in [0.5, 0.6) is 5.75 Å². The highest BCUT2D eigenvalue weighted by Crippen LogP contribution is 2.24. The molecular formula is C22H22N4O3. The number of amides is 1. The fourth-order valence-corrected chi connectivity index (χ4v) is 3.33. The Morgan fingerprint density at radius 3 is 2.90 bits per heavy atom. The van der Waals surface area contributed by atoms with Gasteiger partial charge in [0.15, 0.2) is 0 Å². The molecule has 0 spiro atoms. The molecule has 0 fully saturated rings. The minimum absolute atomic E-state index is 0.0842. The number of ether oxygens (including phenoxy) is 1. The van der Waals surface area contributed by atoms with Crippen LogP contribution >= 0.6 is 0 Å². The second kappa shape index (κ2) is 8.28. The topological polar surface area (TPSA) is 87.3 Å². The van der Waals surface area contributed by atoms with Gasteiger partial charge in [-0.2, -0.15) is 5.10 Å². The molecule has 2 heterocycles. The van der Waals surface area contributed by atoms with E-state index in [-0.39, 0.29) is 18.0 Å². The van der Waals surface area contributed by atoms with Gasteiger partial charge >= 0.3 is 0 Å².